The zero-order valence-electron chi connectivity index (χ0n) is 21.7. The fraction of sp³-hybridized carbons (Fsp3) is 0.345. The van der Waals surface area contributed by atoms with E-state index in [0.29, 0.717) is 5.56 Å². The van der Waals surface area contributed by atoms with Gasteiger partial charge in [0.15, 0.2) is 0 Å². The molecule has 7 nitrogen and oxygen atoms in total. The molecule has 0 bridgehead atoms. The molecule has 0 unspecified atom stereocenters. The quantitative estimate of drug-likeness (QED) is 0.507. The minimum Gasteiger partial charge on any atom is -0.394 e. The summed E-state index contributed by atoms with van der Waals surface area (Å²) in [5, 5.41) is 9.96. The van der Waals surface area contributed by atoms with Crippen LogP contribution in [0.15, 0.2) is 77.7 Å². The number of benzene rings is 3. The Bertz CT molecular complexity index is 1400. The molecule has 0 aliphatic carbocycles. The SMILES string of the molecule is C[C@H]1CN([C@@H](C)CO)C(=O)c2ccccc2-c2ccccc2CO[C@H]1CN(C)S(=O)(=O)c1ccccc1F. The van der Waals surface area contributed by atoms with Gasteiger partial charge in [0.25, 0.3) is 5.91 Å². The fourth-order valence-electron chi connectivity index (χ4n) is 4.72. The lowest BCUT2D eigenvalue weighted by molar-refractivity contribution is -0.0146. The van der Waals surface area contributed by atoms with Crippen molar-refractivity contribution in [3.63, 3.8) is 0 Å². The Morgan fingerprint density at radius 2 is 1.63 bits per heavy atom. The van der Waals surface area contributed by atoms with E-state index in [1.54, 1.807) is 17.9 Å². The van der Waals surface area contributed by atoms with Crippen molar-refractivity contribution in [1.82, 2.24) is 9.21 Å². The van der Waals surface area contributed by atoms with E-state index in [-0.39, 0.29) is 38.1 Å². The van der Waals surface area contributed by atoms with Crippen molar-refractivity contribution in [2.24, 2.45) is 5.92 Å². The molecule has 9 heteroatoms. The summed E-state index contributed by atoms with van der Waals surface area (Å²) in [4.78, 5) is 15.1. The number of ether oxygens (including phenoxy) is 1. The van der Waals surface area contributed by atoms with Crippen molar-refractivity contribution in [1.29, 1.82) is 0 Å². The molecule has 4 rings (SSSR count). The molecular weight excluding hydrogens is 507 g/mol. The molecule has 0 fully saturated rings. The van der Waals surface area contributed by atoms with Gasteiger partial charge >= 0.3 is 0 Å². The highest BCUT2D eigenvalue weighted by Gasteiger charge is 2.33. The number of sulfonamides is 1. The van der Waals surface area contributed by atoms with Gasteiger partial charge in [-0.2, -0.15) is 4.31 Å². The molecule has 0 aromatic heterocycles. The Labute approximate surface area is 223 Å². The monoisotopic (exact) mass is 540 g/mol. The summed E-state index contributed by atoms with van der Waals surface area (Å²) in [6, 6.07) is 19.8. The average Bonchev–Trinajstić information content (AvgIpc) is 2.94. The van der Waals surface area contributed by atoms with Gasteiger partial charge in [-0.05, 0) is 41.8 Å². The van der Waals surface area contributed by atoms with Crippen LogP contribution in [0.1, 0.15) is 29.8 Å². The van der Waals surface area contributed by atoms with Gasteiger partial charge in [0, 0.05) is 31.6 Å². The molecule has 1 amide bonds. The second kappa shape index (κ2) is 11.7. The van der Waals surface area contributed by atoms with E-state index in [9.17, 15) is 22.7 Å². The van der Waals surface area contributed by atoms with Gasteiger partial charge in [0.2, 0.25) is 10.0 Å². The number of halogens is 1. The van der Waals surface area contributed by atoms with Crippen molar-refractivity contribution in [2.75, 3.05) is 26.7 Å². The number of fused-ring (bicyclic) bond motifs is 3. The Kier molecular flexibility index (Phi) is 8.62. The maximum absolute atomic E-state index is 14.4. The van der Waals surface area contributed by atoms with Crippen molar-refractivity contribution < 1.29 is 27.4 Å². The van der Waals surface area contributed by atoms with Gasteiger partial charge < -0.3 is 14.7 Å². The first-order valence-electron chi connectivity index (χ1n) is 12.6. The fourth-order valence-corrected chi connectivity index (χ4v) is 5.97. The van der Waals surface area contributed by atoms with Crippen LogP contribution in [0.5, 0.6) is 0 Å². The minimum absolute atomic E-state index is 0.0531. The number of hydrogen-bond donors (Lipinski definition) is 1. The summed E-state index contributed by atoms with van der Waals surface area (Å²) < 4.78 is 48.3. The number of aliphatic hydroxyl groups is 1. The Morgan fingerprint density at radius 3 is 2.32 bits per heavy atom. The van der Waals surface area contributed by atoms with Crippen LogP contribution in [0.2, 0.25) is 0 Å². The highest BCUT2D eigenvalue weighted by molar-refractivity contribution is 7.89. The van der Waals surface area contributed by atoms with E-state index < -0.39 is 32.9 Å². The van der Waals surface area contributed by atoms with Crippen LogP contribution in [0.4, 0.5) is 4.39 Å². The number of rotatable bonds is 6. The van der Waals surface area contributed by atoms with E-state index in [1.807, 2.05) is 49.4 Å². The first kappa shape index (κ1) is 27.9. The summed E-state index contributed by atoms with van der Waals surface area (Å²) >= 11 is 0. The molecule has 38 heavy (non-hydrogen) atoms. The Hall–Kier alpha value is -3.11. The molecule has 1 aliphatic heterocycles. The highest BCUT2D eigenvalue weighted by atomic mass is 32.2. The largest absolute Gasteiger partial charge is 0.394 e. The summed E-state index contributed by atoms with van der Waals surface area (Å²) in [5.41, 5.74) is 2.98. The van der Waals surface area contributed by atoms with Crippen molar-refractivity contribution in [2.45, 2.75) is 37.5 Å². The summed E-state index contributed by atoms with van der Waals surface area (Å²) in [6.07, 6.45) is -0.628. The molecule has 202 valence electrons. The van der Waals surface area contributed by atoms with Crippen LogP contribution in [0, 0.1) is 11.7 Å². The molecule has 0 saturated carbocycles. The van der Waals surface area contributed by atoms with Crippen molar-refractivity contribution in [3.05, 3.63) is 89.7 Å². The third-order valence-electron chi connectivity index (χ3n) is 7.06. The van der Waals surface area contributed by atoms with E-state index in [4.69, 9.17) is 4.74 Å². The Morgan fingerprint density at radius 1 is 1.03 bits per heavy atom. The zero-order valence-corrected chi connectivity index (χ0v) is 22.6. The lowest BCUT2D eigenvalue weighted by Gasteiger charge is -2.35. The van der Waals surface area contributed by atoms with Crippen LogP contribution in [0.3, 0.4) is 0 Å². The maximum atomic E-state index is 14.4. The van der Waals surface area contributed by atoms with E-state index >= 15 is 0 Å². The van der Waals surface area contributed by atoms with Crippen molar-refractivity contribution in [3.8, 4) is 11.1 Å². The smallest absolute Gasteiger partial charge is 0.254 e. The number of carbonyl (C=O) groups is 1. The number of amides is 1. The summed E-state index contributed by atoms with van der Waals surface area (Å²) in [5.74, 6) is -1.36. The molecule has 0 spiro atoms. The first-order chi connectivity index (χ1) is 18.1. The van der Waals surface area contributed by atoms with Gasteiger partial charge in [-0.25, -0.2) is 12.8 Å². The molecule has 3 aromatic carbocycles. The third-order valence-corrected chi connectivity index (χ3v) is 8.91. The van der Waals surface area contributed by atoms with Crippen LogP contribution >= 0.6 is 0 Å². The van der Waals surface area contributed by atoms with E-state index in [2.05, 4.69) is 0 Å². The molecular formula is C29H33FN2O5S. The standard InChI is InChI=1S/C29H33FN2O5S/c1-20-16-32(21(2)18-33)29(34)25-13-7-6-12-24(25)23-11-5-4-10-22(23)19-37-27(20)17-31(3)38(35,36)28-15-9-8-14-26(28)30/h4-15,20-21,27,33H,16-19H2,1-3H3/t20-,21-,27-/m0/s1. The molecule has 0 radical (unpaired) electrons. The Balaban J connectivity index is 1.74. The van der Waals surface area contributed by atoms with Gasteiger partial charge in [-0.1, -0.05) is 61.5 Å². The van der Waals surface area contributed by atoms with Crippen LogP contribution in [-0.4, -0.2) is 67.5 Å². The van der Waals surface area contributed by atoms with Crippen molar-refractivity contribution >= 4 is 15.9 Å². The molecule has 1 aliphatic rings. The number of nitrogens with zero attached hydrogens (tertiary/aromatic N) is 2. The maximum Gasteiger partial charge on any atom is 0.254 e. The van der Waals surface area contributed by atoms with Gasteiger partial charge in [0.1, 0.15) is 10.7 Å². The predicted molar refractivity (Wildman–Crippen MR) is 143 cm³/mol. The minimum atomic E-state index is -4.13. The first-order valence-corrected chi connectivity index (χ1v) is 14.0. The molecule has 3 atom stereocenters. The molecule has 3 aromatic rings. The van der Waals surface area contributed by atoms with Crippen LogP contribution < -0.4 is 0 Å². The molecule has 1 heterocycles. The van der Waals surface area contributed by atoms with Gasteiger partial charge in [-0.15, -0.1) is 0 Å². The third kappa shape index (κ3) is 5.66. The second-order valence-electron chi connectivity index (χ2n) is 9.73. The molecule has 0 saturated heterocycles. The highest BCUT2D eigenvalue weighted by Crippen LogP contribution is 2.31. The van der Waals surface area contributed by atoms with Gasteiger partial charge in [0.05, 0.1) is 25.4 Å². The lowest BCUT2D eigenvalue weighted by atomic mass is 9.94. The topological polar surface area (TPSA) is 87.2 Å². The average molecular weight is 541 g/mol. The number of hydrogen-bond acceptors (Lipinski definition) is 5. The summed E-state index contributed by atoms with van der Waals surface area (Å²) in [6.45, 7) is 3.78. The second-order valence-corrected chi connectivity index (χ2v) is 11.7. The molecule has 1 N–H and O–H groups in total. The van der Waals surface area contributed by atoms with E-state index in [0.717, 1.165) is 27.1 Å². The van der Waals surface area contributed by atoms with E-state index in [1.165, 1.54) is 25.2 Å². The van der Waals surface area contributed by atoms with Crippen LogP contribution in [0.25, 0.3) is 11.1 Å². The predicted octanol–water partition coefficient (Wildman–Crippen LogP) is 4.17. The number of carbonyl (C=O) groups excluding carboxylic acids is 1. The van der Waals surface area contributed by atoms with Crippen LogP contribution in [-0.2, 0) is 21.4 Å². The number of aliphatic hydroxyl groups excluding tert-OH is 1. The summed E-state index contributed by atoms with van der Waals surface area (Å²) in [7, 11) is -2.73. The normalized spacial score (nSPS) is 19.4. The van der Waals surface area contributed by atoms with Gasteiger partial charge in [-0.3, -0.25) is 4.79 Å². The lowest BCUT2D eigenvalue weighted by Crippen LogP contribution is -2.47. The number of likely N-dealkylation sites (N-methyl/N-ethyl adjacent to an activating group) is 1. The zero-order chi connectivity index (χ0) is 27.4.